The molecule has 12 heteroatoms. The second-order valence-electron chi connectivity index (χ2n) is 7.10. The Balaban J connectivity index is 1.44. The van der Waals surface area contributed by atoms with Crippen LogP contribution in [-0.4, -0.2) is 38.7 Å². The third-order valence-electron chi connectivity index (χ3n) is 4.77. The van der Waals surface area contributed by atoms with E-state index in [1.165, 1.54) is 62.8 Å². The van der Waals surface area contributed by atoms with E-state index >= 15 is 0 Å². The highest BCUT2D eigenvalue weighted by Crippen LogP contribution is 2.29. The smallest absolute Gasteiger partial charge is 0.322 e. The van der Waals surface area contributed by atoms with Crippen molar-refractivity contribution in [2.45, 2.75) is 4.90 Å². The highest BCUT2D eigenvalue weighted by Gasteiger charge is 2.16. The monoisotopic (exact) mass is 514 g/mol. The zero-order valence-corrected chi connectivity index (χ0v) is 20.1. The van der Waals surface area contributed by atoms with Crippen LogP contribution >= 0.6 is 11.6 Å². The number of nitrogens with zero attached hydrogens (tertiary/aromatic N) is 2. The number of methoxy groups -OCH3 is 2. The van der Waals surface area contributed by atoms with Gasteiger partial charge in [0.05, 0.1) is 19.1 Å². The summed E-state index contributed by atoms with van der Waals surface area (Å²) >= 11 is 5.81. The molecule has 0 spiro atoms. The van der Waals surface area contributed by atoms with Crippen molar-refractivity contribution in [3.63, 3.8) is 0 Å². The SMILES string of the molecule is COc1cc(OC)cc(-c2nnc(NC(=O)c3ccc(NS(=O)(=O)c4ccc(Cl)cc4)cc3)o2)c1. The van der Waals surface area contributed by atoms with E-state index < -0.39 is 15.9 Å². The summed E-state index contributed by atoms with van der Waals surface area (Å²) in [5.41, 5.74) is 1.08. The van der Waals surface area contributed by atoms with Crippen LogP contribution in [0.2, 0.25) is 5.02 Å². The number of sulfonamides is 1. The van der Waals surface area contributed by atoms with E-state index in [1.54, 1.807) is 18.2 Å². The van der Waals surface area contributed by atoms with Crippen molar-refractivity contribution in [3.05, 3.63) is 77.3 Å². The summed E-state index contributed by atoms with van der Waals surface area (Å²) in [4.78, 5) is 12.6. The van der Waals surface area contributed by atoms with E-state index in [2.05, 4.69) is 20.2 Å². The van der Waals surface area contributed by atoms with Crippen molar-refractivity contribution in [2.75, 3.05) is 24.3 Å². The average molecular weight is 515 g/mol. The number of carbonyl (C=O) groups is 1. The van der Waals surface area contributed by atoms with Crippen LogP contribution < -0.4 is 19.5 Å². The largest absolute Gasteiger partial charge is 0.497 e. The molecule has 1 amide bonds. The minimum atomic E-state index is -3.81. The number of nitrogens with one attached hydrogen (secondary N) is 2. The molecule has 0 saturated carbocycles. The molecule has 0 unspecified atom stereocenters. The fourth-order valence-electron chi connectivity index (χ4n) is 3.01. The average Bonchev–Trinajstić information content (AvgIpc) is 3.32. The van der Waals surface area contributed by atoms with Crippen LogP contribution in [0.15, 0.2) is 76.0 Å². The molecule has 0 radical (unpaired) electrons. The molecule has 4 aromatic rings. The van der Waals surface area contributed by atoms with E-state index in [-0.39, 0.29) is 28.1 Å². The Kier molecular flexibility index (Phi) is 6.90. The first-order chi connectivity index (χ1) is 16.8. The Bertz CT molecular complexity index is 1430. The van der Waals surface area contributed by atoms with Crippen LogP contribution in [0.5, 0.6) is 11.5 Å². The van der Waals surface area contributed by atoms with Gasteiger partial charge in [-0.15, -0.1) is 5.10 Å². The van der Waals surface area contributed by atoms with Gasteiger partial charge < -0.3 is 13.9 Å². The predicted molar refractivity (Wildman–Crippen MR) is 129 cm³/mol. The van der Waals surface area contributed by atoms with Gasteiger partial charge in [-0.25, -0.2) is 8.42 Å². The molecule has 0 fully saturated rings. The molecule has 0 aliphatic carbocycles. The summed E-state index contributed by atoms with van der Waals surface area (Å²) in [5, 5.41) is 10.7. The van der Waals surface area contributed by atoms with E-state index in [4.69, 9.17) is 25.5 Å². The van der Waals surface area contributed by atoms with Crippen LogP contribution in [0, 0.1) is 0 Å². The van der Waals surface area contributed by atoms with Crippen molar-refractivity contribution >= 4 is 39.2 Å². The van der Waals surface area contributed by atoms with Crippen LogP contribution in [0.4, 0.5) is 11.7 Å². The molecule has 3 aromatic carbocycles. The quantitative estimate of drug-likeness (QED) is 0.352. The van der Waals surface area contributed by atoms with Crippen LogP contribution in [0.3, 0.4) is 0 Å². The number of ether oxygens (including phenoxy) is 2. The molecule has 0 bridgehead atoms. The zero-order valence-electron chi connectivity index (χ0n) is 18.5. The van der Waals surface area contributed by atoms with E-state index in [9.17, 15) is 13.2 Å². The maximum Gasteiger partial charge on any atom is 0.322 e. The van der Waals surface area contributed by atoms with Crippen molar-refractivity contribution < 1.29 is 27.1 Å². The Morgan fingerprint density at radius 2 is 1.54 bits per heavy atom. The van der Waals surface area contributed by atoms with E-state index in [1.807, 2.05) is 0 Å². The van der Waals surface area contributed by atoms with Crippen LogP contribution in [-0.2, 0) is 10.0 Å². The summed E-state index contributed by atoms with van der Waals surface area (Å²) in [6.07, 6.45) is 0. The maximum atomic E-state index is 12.6. The molecule has 2 N–H and O–H groups in total. The van der Waals surface area contributed by atoms with Gasteiger partial charge in [-0.1, -0.05) is 16.7 Å². The van der Waals surface area contributed by atoms with Crippen molar-refractivity contribution in [1.82, 2.24) is 10.2 Å². The molecule has 0 atom stereocenters. The molecule has 180 valence electrons. The molecule has 0 aliphatic rings. The minimum Gasteiger partial charge on any atom is -0.497 e. The van der Waals surface area contributed by atoms with Gasteiger partial charge in [-0.05, 0) is 60.7 Å². The molecule has 1 heterocycles. The lowest BCUT2D eigenvalue weighted by Gasteiger charge is -2.09. The molecular weight excluding hydrogens is 496 g/mol. The molecule has 4 rings (SSSR count). The van der Waals surface area contributed by atoms with Crippen molar-refractivity contribution in [3.8, 4) is 23.0 Å². The van der Waals surface area contributed by atoms with Gasteiger partial charge in [-0.3, -0.25) is 14.8 Å². The standard InChI is InChI=1S/C23H19ClN4O6S/c1-32-18-11-15(12-19(13-18)33-2)22-26-27-23(34-22)25-21(29)14-3-7-17(8-4-14)28-35(30,31)20-9-5-16(24)6-10-20/h3-13,28H,1-2H3,(H,25,27,29). The number of hydrogen-bond acceptors (Lipinski definition) is 8. The molecular formula is C23H19ClN4O6S. The van der Waals surface area contributed by atoms with Crippen LogP contribution in [0.1, 0.15) is 10.4 Å². The van der Waals surface area contributed by atoms with Gasteiger partial charge in [0.15, 0.2) is 0 Å². The highest BCUT2D eigenvalue weighted by atomic mass is 35.5. The summed E-state index contributed by atoms with van der Waals surface area (Å²) in [5.74, 6) is 0.713. The van der Waals surface area contributed by atoms with Crippen LogP contribution in [0.25, 0.3) is 11.5 Å². The Morgan fingerprint density at radius 3 is 2.14 bits per heavy atom. The Hall–Kier alpha value is -4.09. The first-order valence-corrected chi connectivity index (χ1v) is 11.9. The number of hydrogen-bond donors (Lipinski definition) is 2. The Morgan fingerprint density at radius 1 is 0.914 bits per heavy atom. The topological polar surface area (TPSA) is 133 Å². The number of benzene rings is 3. The predicted octanol–water partition coefficient (Wildman–Crippen LogP) is 4.46. The number of carbonyl (C=O) groups excluding carboxylic acids is 1. The molecule has 0 aliphatic heterocycles. The van der Waals surface area contributed by atoms with Crippen molar-refractivity contribution in [1.29, 1.82) is 0 Å². The second kappa shape index (κ2) is 10.0. The highest BCUT2D eigenvalue weighted by molar-refractivity contribution is 7.92. The first kappa shape index (κ1) is 24.0. The summed E-state index contributed by atoms with van der Waals surface area (Å²) in [7, 11) is -0.766. The number of halogens is 1. The summed E-state index contributed by atoms with van der Waals surface area (Å²) in [6.45, 7) is 0. The third-order valence-corrected chi connectivity index (χ3v) is 6.42. The first-order valence-electron chi connectivity index (χ1n) is 10.0. The van der Waals surface area contributed by atoms with Gasteiger partial charge in [0.1, 0.15) is 11.5 Å². The number of aromatic nitrogens is 2. The maximum absolute atomic E-state index is 12.6. The molecule has 10 nitrogen and oxygen atoms in total. The molecule has 0 saturated heterocycles. The van der Waals surface area contributed by atoms with Gasteiger partial charge >= 0.3 is 6.01 Å². The normalized spacial score (nSPS) is 11.1. The fourth-order valence-corrected chi connectivity index (χ4v) is 4.19. The molecule has 35 heavy (non-hydrogen) atoms. The minimum absolute atomic E-state index is 0.0598. The van der Waals surface area contributed by atoms with E-state index in [0.29, 0.717) is 22.1 Å². The lowest BCUT2D eigenvalue weighted by atomic mass is 10.2. The third kappa shape index (κ3) is 5.70. The number of amides is 1. The van der Waals surface area contributed by atoms with Gasteiger partial charge in [0.25, 0.3) is 15.9 Å². The number of anilines is 2. The van der Waals surface area contributed by atoms with Crippen molar-refractivity contribution in [2.24, 2.45) is 0 Å². The summed E-state index contributed by atoms with van der Waals surface area (Å²) in [6, 6.07) is 16.6. The van der Waals surface area contributed by atoms with Gasteiger partial charge in [0.2, 0.25) is 5.89 Å². The second-order valence-corrected chi connectivity index (χ2v) is 9.22. The molecule has 1 aromatic heterocycles. The lowest BCUT2D eigenvalue weighted by molar-refractivity contribution is 0.102. The van der Waals surface area contributed by atoms with Gasteiger partial charge in [-0.2, -0.15) is 0 Å². The summed E-state index contributed by atoms with van der Waals surface area (Å²) < 4.78 is 43.4. The van der Waals surface area contributed by atoms with E-state index in [0.717, 1.165) is 0 Å². The lowest BCUT2D eigenvalue weighted by Crippen LogP contribution is -2.14. The fraction of sp³-hybridized carbons (Fsp3) is 0.0870. The van der Waals surface area contributed by atoms with Gasteiger partial charge in [0, 0.05) is 27.9 Å². The number of rotatable bonds is 8. The Labute approximate surface area is 205 Å². The zero-order chi connectivity index (χ0) is 25.0.